The van der Waals surface area contributed by atoms with Crippen LogP contribution >= 0.6 is 0 Å². The molecule has 3 aromatic rings. The van der Waals surface area contributed by atoms with Crippen LogP contribution in [0.2, 0.25) is 0 Å². The number of nitrogens with one attached hydrogen (secondary N) is 1. The molecule has 2 heterocycles. The molecule has 1 aromatic carbocycles. The van der Waals surface area contributed by atoms with Crippen LogP contribution < -0.4 is 5.32 Å². The maximum absolute atomic E-state index is 12.6. The second-order valence-corrected chi connectivity index (χ2v) is 5.58. The van der Waals surface area contributed by atoms with Crippen LogP contribution in [-0.2, 0) is 12.8 Å². The Kier molecular flexibility index (Phi) is 5.20. The van der Waals surface area contributed by atoms with E-state index in [0.29, 0.717) is 29.9 Å². The van der Waals surface area contributed by atoms with Crippen molar-refractivity contribution >= 4 is 11.6 Å². The van der Waals surface area contributed by atoms with E-state index in [4.69, 9.17) is 5.11 Å². The fraction of sp³-hybridized carbons (Fsp3) is 0.211. The highest BCUT2D eigenvalue weighted by atomic mass is 16.3. The first kappa shape index (κ1) is 16.9. The predicted octanol–water partition coefficient (Wildman–Crippen LogP) is 2.62. The summed E-state index contributed by atoms with van der Waals surface area (Å²) in [6.45, 7) is 2.09. The number of aliphatic hydroxyl groups excluding tert-OH is 1. The van der Waals surface area contributed by atoms with Crippen molar-refractivity contribution in [3.63, 3.8) is 0 Å². The van der Waals surface area contributed by atoms with E-state index < -0.39 is 0 Å². The Bertz CT molecular complexity index is 842. The molecule has 0 aliphatic carbocycles. The van der Waals surface area contributed by atoms with Crippen molar-refractivity contribution in [3.05, 3.63) is 71.7 Å². The van der Waals surface area contributed by atoms with Crippen molar-refractivity contribution in [3.8, 4) is 5.82 Å². The zero-order valence-corrected chi connectivity index (χ0v) is 14.0. The lowest BCUT2D eigenvalue weighted by molar-refractivity contribution is 0.102. The van der Waals surface area contributed by atoms with E-state index in [9.17, 15) is 4.79 Å². The molecular formula is C19H20N4O2. The Morgan fingerprint density at radius 1 is 1.20 bits per heavy atom. The molecule has 6 heteroatoms. The highest BCUT2D eigenvalue weighted by molar-refractivity contribution is 6.05. The number of amides is 1. The summed E-state index contributed by atoms with van der Waals surface area (Å²) in [6, 6.07) is 13.0. The highest BCUT2D eigenvalue weighted by Crippen LogP contribution is 2.17. The summed E-state index contributed by atoms with van der Waals surface area (Å²) in [5.41, 5.74) is 3.08. The van der Waals surface area contributed by atoms with Gasteiger partial charge in [0.2, 0.25) is 0 Å². The zero-order chi connectivity index (χ0) is 17.6. The monoisotopic (exact) mass is 336 g/mol. The lowest BCUT2D eigenvalue weighted by atomic mass is 10.1. The van der Waals surface area contributed by atoms with Crippen molar-refractivity contribution in [2.75, 3.05) is 11.9 Å². The molecule has 6 nitrogen and oxygen atoms in total. The number of nitrogens with zero attached hydrogens (tertiary/aromatic N) is 3. The van der Waals surface area contributed by atoms with E-state index >= 15 is 0 Å². The van der Waals surface area contributed by atoms with E-state index in [2.05, 4.69) is 15.4 Å². The van der Waals surface area contributed by atoms with Gasteiger partial charge in [-0.2, -0.15) is 5.10 Å². The third-order valence-electron chi connectivity index (χ3n) is 3.93. The van der Waals surface area contributed by atoms with Gasteiger partial charge in [-0.15, -0.1) is 0 Å². The molecule has 0 aliphatic rings. The second-order valence-electron chi connectivity index (χ2n) is 5.58. The molecule has 25 heavy (non-hydrogen) atoms. The van der Waals surface area contributed by atoms with Crippen molar-refractivity contribution < 1.29 is 9.90 Å². The summed E-state index contributed by atoms with van der Waals surface area (Å²) in [4.78, 5) is 16.9. The first-order chi connectivity index (χ1) is 12.2. The summed E-state index contributed by atoms with van der Waals surface area (Å²) < 4.78 is 1.69. The Labute approximate surface area is 146 Å². The van der Waals surface area contributed by atoms with Gasteiger partial charge in [0.25, 0.3) is 5.91 Å². The number of carbonyl (C=O) groups is 1. The predicted molar refractivity (Wildman–Crippen MR) is 95.9 cm³/mol. The standard InChI is InChI=1S/C19H20N4O2/c1-2-17-16(13-21-23(17)18-5-3-4-11-20-18)19(25)22-15-8-6-14(7-9-15)10-12-24/h3-9,11,13,24H,2,10,12H2,1H3,(H,22,25). The van der Waals surface area contributed by atoms with E-state index in [1.165, 1.54) is 0 Å². The van der Waals surface area contributed by atoms with Gasteiger partial charge >= 0.3 is 0 Å². The minimum absolute atomic E-state index is 0.109. The summed E-state index contributed by atoms with van der Waals surface area (Å²) in [5.74, 6) is 0.487. The van der Waals surface area contributed by atoms with Gasteiger partial charge in [0, 0.05) is 18.5 Å². The van der Waals surface area contributed by atoms with E-state index in [0.717, 1.165) is 11.3 Å². The molecule has 0 bridgehead atoms. The Balaban J connectivity index is 1.81. The van der Waals surface area contributed by atoms with Gasteiger partial charge in [0.15, 0.2) is 5.82 Å². The summed E-state index contributed by atoms with van der Waals surface area (Å²) >= 11 is 0. The number of anilines is 1. The normalized spacial score (nSPS) is 10.6. The average molecular weight is 336 g/mol. The SMILES string of the molecule is CCc1c(C(=O)Nc2ccc(CCO)cc2)cnn1-c1ccccn1. The van der Waals surface area contributed by atoms with Crippen LogP contribution in [0.5, 0.6) is 0 Å². The molecule has 0 saturated carbocycles. The Morgan fingerprint density at radius 3 is 2.64 bits per heavy atom. The van der Waals surface area contributed by atoms with Gasteiger partial charge in [-0.05, 0) is 42.7 Å². The van der Waals surface area contributed by atoms with Gasteiger partial charge in [-0.3, -0.25) is 4.79 Å². The molecule has 0 aliphatic heterocycles. The minimum Gasteiger partial charge on any atom is -0.396 e. The first-order valence-corrected chi connectivity index (χ1v) is 8.22. The lowest BCUT2D eigenvalue weighted by Crippen LogP contribution is -2.14. The third-order valence-corrected chi connectivity index (χ3v) is 3.93. The second kappa shape index (κ2) is 7.72. The molecule has 0 atom stereocenters. The molecule has 0 fully saturated rings. The van der Waals surface area contributed by atoms with Crippen molar-refractivity contribution in [1.82, 2.24) is 14.8 Å². The smallest absolute Gasteiger partial charge is 0.259 e. The number of hydrogen-bond donors (Lipinski definition) is 2. The lowest BCUT2D eigenvalue weighted by Gasteiger charge is -2.08. The molecule has 2 N–H and O–H groups in total. The molecule has 128 valence electrons. The van der Waals surface area contributed by atoms with Gasteiger partial charge in [-0.25, -0.2) is 9.67 Å². The number of hydrogen-bond acceptors (Lipinski definition) is 4. The number of aliphatic hydroxyl groups is 1. The molecule has 3 rings (SSSR count). The molecule has 0 saturated heterocycles. The van der Waals surface area contributed by atoms with Crippen molar-refractivity contribution in [2.24, 2.45) is 0 Å². The summed E-state index contributed by atoms with van der Waals surface area (Å²) in [7, 11) is 0. The van der Waals surface area contributed by atoms with Gasteiger partial charge < -0.3 is 10.4 Å². The van der Waals surface area contributed by atoms with Crippen molar-refractivity contribution in [2.45, 2.75) is 19.8 Å². The van der Waals surface area contributed by atoms with Gasteiger partial charge in [-0.1, -0.05) is 25.1 Å². The molecule has 0 spiro atoms. The summed E-state index contributed by atoms with van der Waals surface area (Å²) in [5, 5.41) is 16.2. The topological polar surface area (TPSA) is 80.0 Å². The Hall–Kier alpha value is -2.99. The van der Waals surface area contributed by atoms with Crippen LogP contribution in [0.25, 0.3) is 5.82 Å². The minimum atomic E-state index is -0.200. The number of pyridine rings is 1. The molecule has 2 aromatic heterocycles. The molecule has 1 amide bonds. The number of rotatable bonds is 6. The Morgan fingerprint density at radius 2 is 2.00 bits per heavy atom. The van der Waals surface area contributed by atoms with Crippen LogP contribution in [0.1, 0.15) is 28.5 Å². The van der Waals surface area contributed by atoms with Gasteiger partial charge in [0.1, 0.15) is 0 Å². The van der Waals surface area contributed by atoms with Crippen LogP contribution in [0.3, 0.4) is 0 Å². The quantitative estimate of drug-likeness (QED) is 0.725. The van der Waals surface area contributed by atoms with E-state index in [1.807, 2.05) is 49.4 Å². The molecule has 0 radical (unpaired) electrons. The van der Waals surface area contributed by atoms with E-state index in [-0.39, 0.29) is 12.5 Å². The largest absolute Gasteiger partial charge is 0.396 e. The van der Waals surface area contributed by atoms with Crippen LogP contribution in [0.4, 0.5) is 5.69 Å². The number of benzene rings is 1. The first-order valence-electron chi connectivity index (χ1n) is 8.22. The van der Waals surface area contributed by atoms with Crippen molar-refractivity contribution in [1.29, 1.82) is 0 Å². The molecule has 0 unspecified atom stereocenters. The maximum Gasteiger partial charge on any atom is 0.259 e. The number of aromatic nitrogens is 3. The maximum atomic E-state index is 12.6. The fourth-order valence-electron chi connectivity index (χ4n) is 2.66. The number of carbonyl (C=O) groups excluding carboxylic acids is 1. The van der Waals surface area contributed by atoms with Crippen LogP contribution in [0.15, 0.2) is 54.9 Å². The molecular weight excluding hydrogens is 316 g/mol. The van der Waals surface area contributed by atoms with Crippen LogP contribution in [-0.4, -0.2) is 32.4 Å². The van der Waals surface area contributed by atoms with Crippen LogP contribution in [0, 0.1) is 0 Å². The zero-order valence-electron chi connectivity index (χ0n) is 14.0. The fourth-order valence-corrected chi connectivity index (χ4v) is 2.66. The van der Waals surface area contributed by atoms with E-state index in [1.54, 1.807) is 17.1 Å². The third kappa shape index (κ3) is 3.75. The summed E-state index contributed by atoms with van der Waals surface area (Å²) in [6.07, 6.45) is 4.53. The van der Waals surface area contributed by atoms with Gasteiger partial charge in [0.05, 0.1) is 17.5 Å². The average Bonchev–Trinajstić information content (AvgIpc) is 3.08. The highest BCUT2D eigenvalue weighted by Gasteiger charge is 2.17.